The maximum atomic E-state index is 14.0. The summed E-state index contributed by atoms with van der Waals surface area (Å²) >= 11 is 0. The molecule has 0 radical (unpaired) electrons. The number of carbonyl (C=O) groups excluding carboxylic acids is 2. The van der Waals surface area contributed by atoms with Crippen LogP contribution in [0.3, 0.4) is 0 Å². The van der Waals surface area contributed by atoms with Gasteiger partial charge in [-0.05, 0) is 60.5 Å². The molecule has 11 heteroatoms. The molecule has 0 unspecified atom stereocenters. The minimum Gasteiger partial charge on any atom is -0.497 e. The van der Waals surface area contributed by atoms with Crippen LogP contribution in [-0.4, -0.2) is 66.1 Å². The zero-order valence-electron chi connectivity index (χ0n) is 23.3. The number of methoxy groups -OCH3 is 3. The van der Waals surface area contributed by atoms with Gasteiger partial charge in [-0.1, -0.05) is 31.2 Å². The monoisotopic (exact) mass is 569 g/mol. The van der Waals surface area contributed by atoms with E-state index in [0.29, 0.717) is 17.9 Å². The number of nitrogens with zero attached hydrogens (tertiary/aromatic N) is 2. The first kappa shape index (κ1) is 30.3. The Kier molecular flexibility index (Phi) is 10.4. The summed E-state index contributed by atoms with van der Waals surface area (Å²) in [6, 6.07) is 18.7. The average Bonchev–Trinajstić information content (AvgIpc) is 2.99. The molecule has 10 nitrogen and oxygen atoms in total. The lowest BCUT2D eigenvalue weighted by atomic mass is 10.1. The lowest BCUT2D eigenvalue weighted by Crippen LogP contribution is -2.51. The fourth-order valence-corrected chi connectivity index (χ4v) is 5.66. The van der Waals surface area contributed by atoms with Gasteiger partial charge in [-0.15, -0.1) is 0 Å². The Morgan fingerprint density at radius 2 is 1.43 bits per heavy atom. The Hall–Kier alpha value is -4.25. The first-order valence-corrected chi connectivity index (χ1v) is 14.1. The zero-order valence-corrected chi connectivity index (χ0v) is 24.1. The van der Waals surface area contributed by atoms with Gasteiger partial charge in [0.15, 0.2) is 0 Å². The molecular weight excluding hydrogens is 534 g/mol. The van der Waals surface area contributed by atoms with Crippen LogP contribution >= 0.6 is 0 Å². The van der Waals surface area contributed by atoms with E-state index in [9.17, 15) is 18.0 Å². The molecule has 0 saturated heterocycles. The molecule has 3 aromatic carbocycles. The third-order valence-corrected chi connectivity index (χ3v) is 8.20. The molecule has 0 aliphatic heterocycles. The highest BCUT2D eigenvalue weighted by molar-refractivity contribution is 7.92. The summed E-state index contributed by atoms with van der Waals surface area (Å²) in [7, 11) is 1.71. The first-order chi connectivity index (χ1) is 19.2. The van der Waals surface area contributed by atoms with E-state index in [-0.39, 0.29) is 28.8 Å². The molecule has 1 N–H and O–H groups in total. The summed E-state index contributed by atoms with van der Waals surface area (Å²) in [5, 5.41) is 2.61. The van der Waals surface area contributed by atoms with Gasteiger partial charge in [-0.3, -0.25) is 13.9 Å². The van der Waals surface area contributed by atoms with Crippen LogP contribution in [0.25, 0.3) is 0 Å². The van der Waals surface area contributed by atoms with Crippen molar-refractivity contribution in [2.24, 2.45) is 0 Å². The molecule has 0 heterocycles. The third-order valence-electron chi connectivity index (χ3n) is 6.42. The van der Waals surface area contributed by atoms with Gasteiger partial charge in [0.2, 0.25) is 11.8 Å². The Morgan fingerprint density at radius 1 is 0.850 bits per heavy atom. The number of hydrogen-bond acceptors (Lipinski definition) is 7. The number of nitrogens with one attached hydrogen (secondary N) is 1. The number of rotatable bonds is 13. The van der Waals surface area contributed by atoms with Gasteiger partial charge in [-0.25, -0.2) is 8.42 Å². The molecule has 0 spiro atoms. The van der Waals surface area contributed by atoms with Crippen LogP contribution in [-0.2, 0) is 26.2 Å². The normalized spacial score (nSPS) is 11.7. The second-order valence-electron chi connectivity index (χ2n) is 8.77. The average molecular weight is 570 g/mol. The number of para-hydroxylation sites is 2. The van der Waals surface area contributed by atoms with Gasteiger partial charge in [0.25, 0.3) is 10.0 Å². The molecule has 2 amide bonds. The molecule has 0 aliphatic carbocycles. The number of amides is 2. The smallest absolute Gasteiger partial charge is 0.264 e. The second kappa shape index (κ2) is 13.7. The summed E-state index contributed by atoms with van der Waals surface area (Å²) in [5.74, 6) is 0.488. The fourth-order valence-electron chi connectivity index (χ4n) is 4.24. The van der Waals surface area contributed by atoms with E-state index < -0.39 is 28.5 Å². The highest BCUT2D eigenvalue weighted by atomic mass is 32.2. The molecule has 214 valence electrons. The zero-order chi connectivity index (χ0) is 29.3. The predicted molar refractivity (Wildman–Crippen MR) is 152 cm³/mol. The van der Waals surface area contributed by atoms with Crippen molar-refractivity contribution in [3.8, 4) is 17.2 Å². The van der Waals surface area contributed by atoms with E-state index >= 15 is 0 Å². The number of ether oxygens (including phenoxy) is 3. The third kappa shape index (κ3) is 6.84. The first-order valence-electron chi connectivity index (χ1n) is 12.6. The molecule has 1 atom stereocenters. The van der Waals surface area contributed by atoms with Crippen molar-refractivity contribution in [2.75, 3.05) is 39.2 Å². The molecule has 0 aromatic heterocycles. The van der Waals surface area contributed by atoms with Crippen LogP contribution in [0.2, 0.25) is 0 Å². The van der Waals surface area contributed by atoms with Gasteiger partial charge < -0.3 is 24.4 Å². The standard InChI is InChI=1S/C29H35N3O7S/c1-6-25(29(34)30-2)31(19-21-11-13-22(37-3)14-12-21)28(33)20-32(26-9-7-8-10-27(26)39-5)40(35,36)24-17-15-23(38-4)16-18-24/h7-18,25H,6,19-20H2,1-5H3,(H,30,34)/t25-/m1/s1. The van der Waals surface area contributed by atoms with E-state index in [4.69, 9.17) is 14.2 Å². The number of carbonyl (C=O) groups is 2. The molecule has 0 aliphatic rings. The number of anilines is 1. The Balaban J connectivity index is 2.08. The summed E-state index contributed by atoms with van der Waals surface area (Å²) in [6.07, 6.45) is 0.321. The van der Waals surface area contributed by atoms with Crippen LogP contribution in [0, 0.1) is 0 Å². The number of sulfonamides is 1. The van der Waals surface area contributed by atoms with Crippen molar-refractivity contribution in [3.63, 3.8) is 0 Å². The second-order valence-corrected chi connectivity index (χ2v) is 10.6. The highest BCUT2D eigenvalue weighted by Gasteiger charge is 2.34. The molecule has 0 saturated carbocycles. The van der Waals surface area contributed by atoms with E-state index in [1.165, 1.54) is 50.4 Å². The summed E-state index contributed by atoms with van der Waals surface area (Å²) in [6.45, 7) is 1.30. The Labute approximate surface area is 235 Å². The summed E-state index contributed by atoms with van der Waals surface area (Å²) in [4.78, 5) is 28.2. The van der Waals surface area contributed by atoms with Crippen LogP contribution in [0.1, 0.15) is 18.9 Å². The van der Waals surface area contributed by atoms with Crippen LogP contribution in [0.4, 0.5) is 5.69 Å². The van der Waals surface area contributed by atoms with Gasteiger partial charge >= 0.3 is 0 Å². The molecule has 0 fully saturated rings. The SMILES string of the molecule is CC[C@H](C(=O)NC)N(Cc1ccc(OC)cc1)C(=O)CN(c1ccccc1OC)S(=O)(=O)c1ccc(OC)cc1. The van der Waals surface area contributed by atoms with E-state index in [1.54, 1.807) is 62.6 Å². The van der Waals surface area contributed by atoms with Gasteiger partial charge in [0.05, 0.1) is 31.9 Å². The minimum atomic E-state index is -4.25. The molecule has 40 heavy (non-hydrogen) atoms. The summed E-state index contributed by atoms with van der Waals surface area (Å²) < 4.78 is 44.8. The number of likely N-dealkylation sites (N-methyl/N-ethyl adjacent to an activating group) is 1. The highest BCUT2D eigenvalue weighted by Crippen LogP contribution is 2.33. The van der Waals surface area contributed by atoms with E-state index in [0.717, 1.165) is 9.87 Å². The van der Waals surface area contributed by atoms with Crippen molar-refractivity contribution in [1.82, 2.24) is 10.2 Å². The van der Waals surface area contributed by atoms with Gasteiger partial charge in [0.1, 0.15) is 29.8 Å². The quantitative estimate of drug-likeness (QED) is 0.335. The van der Waals surface area contributed by atoms with Crippen molar-refractivity contribution >= 4 is 27.5 Å². The lowest BCUT2D eigenvalue weighted by molar-refractivity contribution is -0.140. The summed E-state index contributed by atoms with van der Waals surface area (Å²) in [5.41, 5.74) is 0.935. The van der Waals surface area contributed by atoms with Crippen LogP contribution < -0.4 is 23.8 Å². The molecular formula is C29H35N3O7S. The topological polar surface area (TPSA) is 114 Å². The maximum absolute atomic E-state index is 14.0. The number of hydrogen-bond donors (Lipinski definition) is 1. The Morgan fingerprint density at radius 3 is 1.95 bits per heavy atom. The van der Waals surface area contributed by atoms with E-state index in [2.05, 4.69) is 5.32 Å². The maximum Gasteiger partial charge on any atom is 0.264 e. The predicted octanol–water partition coefficient (Wildman–Crippen LogP) is 3.46. The van der Waals surface area contributed by atoms with Gasteiger partial charge in [-0.2, -0.15) is 0 Å². The van der Waals surface area contributed by atoms with E-state index in [1.807, 2.05) is 0 Å². The van der Waals surface area contributed by atoms with Crippen molar-refractivity contribution in [2.45, 2.75) is 30.8 Å². The largest absolute Gasteiger partial charge is 0.497 e. The minimum absolute atomic E-state index is 0.0351. The fraction of sp³-hybridized carbons (Fsp3) is 0.310. The van der Waals surface area contributed by atoms with Crippen molar-refractivity contribution in [1.29, 1.82) is 0 Å². The molecule has 3 aromatic rings. The van der Waals surface area contributed by atoms with Crippen LogP contribution in [0.5, 0.6) is 17.2 Å². The lowest BCUT2D eigenvalue weighted by Gasteiger charge is -2.33. The molecule has 0 bridgehead atoms. The molecule has 3 rings (SSSR count). The van der Waals surface area contributed by atoms with Crippen molar-refractivity contribution in [3.05, 3.63) is 78.4 Å². The Bertz CT molecular complexity index is 1390. The van der Waals surface area contributed by atoms with Crippen molar-refractivity contribution < 1.29 is 32.2 Å². The van der Waals surface area contributed by atoms with Gasteiger partial charge in [0, 0.05) is 13.6 Å². The number of benzene rings is 3. The van der Waals surface area contributed by atoms with Crippen LogP contribution in [0.15, 0.2) is 77.7 Å².